The van der Waals surface area contributed by atoms with E-state index in [0.29, 0.717) is 17.8 Å². The van der Waals surface area contributed by atoms with E-state index in [2.05, 4.69) is 19.9 Å². The molecular weight excluding hydrogens is 276 g/mol. The minimum absolute atomic E-state index is 0.0801. The summed E-state index contributed by atoms with van der Waals surface area (Å²) in [7, 11) is 0. The summed E-state index contributed by atoms with van der Waals surface area (Å²) in [5.41, 5.74) is 7.35. The van der Waals surface area contributed by atoms with Gasteiger partial charge in [0, 0.05) is 19.1 Å². The van der Waals surface area contributed by atoms with Gasteiger partial charge in [0.2, 0.25) is 0 Å². The van der Waals surface area contributed by atoms with E-state index in [0.717, 1.165) is 31.7 Å². The second-order valence-electron chi connectivity index (χ2n) is 6.98. The molecule has 3 rings (SSSR count). The summed E-state index contributed by atoms with van der Waals surface area (Å²) in [5.74, 6) is 2.40. The van der Waals surface area contributed by atoms with Gasteiger partial charge in [0.1, 0.15) is 5.75 Å². The molecular formula is C18H26N2O2. The number of likely N-dealkylation sites (tertiary alicyclic amines) is 1. The van der Waals surface area contributed by atoms with Crippen LogP contribution in [0, 0.1) is 11.8 Å². The summed E-state index contributed by atoms with van der Waals surface area (Å²) in [6.07, 6.45) is 2.27. The van der Waals surface area contributed by atoms with Crippen molar-refractivity contribution < 1.29 is 9.53 Å². The fraction of sp³-hybridized carbons (Fsp3) is 0.611. The van der Waals surface area contributed by atoms with E-state index < -0.39 is 0 Å². The highest BCUT2D eigenvalue weighted by molar-refractivity contribution is 5.78. The number of carbonyl (C=O) groups excluding carboxylic acids is 1. The van der Waals surface area contributed by atoms with Crippen LogP contribution >= 0.6 is 0 Å². The summed E-state index contributed by atoms with van der Waals surface area (Å²) in [6, 6.07) is 8.27. The third-order valence-electron chi connectivity index (χ3n) is 5.15. The standard InChI is InChI=1S/C18H26N2O2/c1-12(2)13-4-3-5-15(8-13)22-11-18(21)20-9-14-6-7-17(19)16(14)10-20/h3-5,8,12,14,16-17H,6-7,9-11,19H2,1-2H3. The molecule has 22 heavy (non-hydrogen) atoms. The summed E-state index contributed by atoms with van der Waals surface area (Å²) < 4.78 is 5.70. The number of ether oxygens (including phenoxy) is 1. The maximum Gasteiger partial charge on any atom is 0.260 e. The number of hydrogen-bond donors (Lipinski definition) is 1. The topological polar surface area (TPSA) is 55.6 Å². The van der Waals surface area contributed by atoms with E-state index in [4.69, 9.17) is 10.5 Å². The van der Waals surface area contributed by atoms with Gasteiger partial charge in [0.25, 0.3) is 5.91 Å². The van der Waals surface area contributed by atoms with E-state index in [1.807, 2.05) is 23.1 Å². The average Bonchev–Trinajstić information content (AvgIpc) is 3.08. The number of rotatable bonds is 4. The van der Waals surface area contributed by atoms with Gasteiger partial charge in [0.15, 0.2) is 6.61 Å². The van der Waals surface area contributed by atoms with Gasteiger partial charge in [-0.15, -0.1) is 0 Å². The van der Waals surface area contributed by atoms with Gasteiger partial charge in [-0.25, -0.2) is 0 Å². The number of nitrogens with zero attached hydrogens (tertiary/aromatic N) is 1. The van der Waals surface area contributed by atoms with Gasteiger partial charge >= 0.3 is 0 Å². The molecule has 1 aromatic rings. The lowest BCUT2D eigenvalue weighted by Gasteiger charge is -2.19. The van der Waals surface area contributed by atoms with Crippen molar-refractivity contribution in [2.45, 2.75) is 38.6 Å². The summed E-state index contributed by atoms with van der Waals surface area (Å²) >= 11 is 0. The quantitative estimate of drug-likeness (QED) is 0.929. The monoisotopic (exact) mass is 302 g/mol. The summed E-state index contributed by atoms with van der Waals surface area (Å²) in [5, 5.41) is 0. The van der Waals surface area contributed by atoms with E-state index >= 15 is 0 Å². The molecule has 0 aromatic heterocycles. The van der Waals surface area contributed by atoms with Crippen LogP contribution in [0.2, 0.25) is 0 Å². The smallest absolute Gasteiger partial charge is 0.260 e. The molecule has 3 unspecified atom stereocenters. The summed E-state index contributed by atoms with van der Waals surface area (Å²) in [4.78, 5) is 14.3. The fourth-order valence-corrected chi connectivity index (χ4v) is 3.71. The molecule has 2 fully saturated rings. The van der Waals surface area contributed by atoms with Crippen LogP contribution in [0.25, 0.3) is 0 Å². The molecule has 1 saturated heterocycles. The highest BCUT2D eigenvalue weighted by Gasteiger charge is 2.42. The van der Waals surface area contributed by atoms with E-state index in [1.54, 1.807) is 0 Å². The zero-order valence-corrected chi connectivity index (χ0v) is 13.5. The first-order valence-corrected chi connectivity index (χ1v) is 8.30. The van der Waals surface area contributed by atoms with Gasteiger partial charge in [-0.3, -0.25) is 4.79 Å². The molecule has 0 spiro atoms. The summed E-state index contributed by atoms with van der Waals surface area (Å²) in [6.45, 7) is 6.08. The largest absolute Gasteiger partial charge is 0.484 e. The Kier molecular flexibility index (Phi) is 4.39. The molecule has 2 N–H and O–H groups in total. The van der Waals surface area contributed by atoms with Crippen molar-refractivity contribution in [3.63, 3.8) is 0 Å². The highest BCUT2D eigenvalue weighted by Crippen LogP contribution is 2.37. The minimum Gasteiger partial charge on any atom is -0.484 e. The average molecular weight is 302 g/mol. The van der Waals surface area contributed by atoms with Crippen LogP contribution in [0.15, 0.2) is 24.3 Å². The number of amides is 1. The zero-order valence-electron chi connectivity index (χ0n) is 13.5. The molecule has 3 atom stereocenters. The van der Waals surface area contributed by atoms with E-state index in [-0.39, 0.29) is 18.6 Å². The third-order valence-corrected chi connectivity index (χ3v) is 5.15. The van der Waals surface area contributed by atoms with Crippen molar-refractivity contribution in [3.8, 4) is 5.75 Å². The molecule has 1 aromatic carbocycles. The van der Waals surface area contributed by atoms with Crippen molar-refractivity contribution in [3.05, 3.63) is 29.8 Å². The first kappa shape index (κ1) is 15.3. The second-order valence-corrected chi connectivity index (χ2v) is 6.98. The molecule has 0 bridgehead atoms. The van der Waals surface area contributed by atoms with Crippen LogP contribution in [0.4, 0.5) is 0 Å². The lowest BCUT2D eigenvalue weighted by atomic mass is 9.98. The van der Waals surface area contributed by atoms with Crippen LogP contribution in [-0.2, 0) is 4.79 Å². The Morgan fingerprint density at radius 3 is 2.91 bits per heavy atom. The molecule has 1 aliphatic heterocycles. The van der Waals surface area contributed by atoms with Gasteiger partial charge in [-0.1, -0.05) is 26.0 Å². The molecule has 4 heteroatoms. The Bertz CT molecular complexity index is 544. The Morgan fingerprint density at radius 2 is 2.18 bits per heavy atom. The van der Waals surface area contributed by atoms with Crippen LogP contribution in [-0.4, -0.2) is 36.5 Å². The van der Waals surface area contributed by atoms with Crippen molar-refractivity contribution >= 4 is 5.91 Å². The van der Waals surface area contributed by atoms with Gasteiger partial charge < -0.3 is 15.4 Å². The first-order chi connectivity index (χ1) is 10.5. The maximum absolute atomic E-state index is 12.3. The molecule has 120 valence electrons. The lowest BCUT2D eigenvalue weighted by Crippen LogP contribution is -2.36. The zero-order chi connectivity index (χ0) is 15.7. The minimum atomic E-state index is 0.0801. The lowest BCUT2D eigenvalue weighted by molar-refractivity contribution is -0.132. The predicted octanol–water partition coefficient (Wildman–Crippen LogP) is 2.38. The number of nitrogens with two attached hydrogens (primary N) is 1. The number of benzene rings is 1. The van der Waals surface area contributed by atoms with Crippen molar-refractivity contribution in [1.82, 2.24) is 4.90 Å². The highest BCUT2D eigenvalue weighted by atomic mass is 16.5. The molecule has 1 amide bonds. The molecule has 4 nitrogen and oxygen atoms in total. The van der Waals surface area contributed by atoms with Gasteiger partial charge in [-0.2, -0.15) is 0 Å². The van der Waals surface area contributed by atoms with E-state index in [9.17, 15) is 4.79 Å². The predicted molar refractivity (Wildman–Crippen MR) is 86.8 cm³/mol. The van der Waals surface area contributed by atoms with Crippen LogP contribution < -0.4 is 10.5 Å². The van der Waals surface area contributed by atoms with Crippen molar-refractivity contribution in [2.75, 3.05) is 19.7 Å². The maximum atomic E-state index is 12.3. The van der Waals surface area contributed by atoms with Crippen LogP contribution in [0.3, 0.4) is 0 Å². The van der Waals surface area contributed by atoms with Gasteiger partial charge in [0.05, 0.1) is 0 Å². The van der Waals surface area contributed by atoms with E-state index in [1.165, 1.54) is 5.56 Å². The Balaban J connectivity index is 1.54. The SMILES string of the molecule is CC(C)c1cccc(OCC(=O)N2CC3CCC(N)C3C2)c1. The molecule has 1 saturated carbocycles. The molecule has 1 aliphatic carbocycles. The molecule has 0 radical (unpaired) electrons. The number of hydrogen-bond acceptors (Lipinski definition) is 3. The fourth-order valence-electron chi connectivity index (χ4n) is 3.71. The van der Waals surface area contributed by atoms with Crippen molar-refractivity contribution in [2.24, 2.45) is 17.6 Å². The Labute approximate surface area is 132 Å². The number of fused-ring (bicyclic) bond motifs is 1. The molecule has 2 aliphatic rings. The third kappa shape index (κ3) is 3.12. The van der Waals surface area contributed by atoms with Crippen molar-refractivity contribution in [1.29, 1.82) is 0 Å². The second kappa shape index (κ2) is 6.29. The molecule has 1 heterocycles. The Morgan fingerprint density at radius 1 is 1.36 bits per heavy atom. The normalized spacial score (nSPS) is 27.3. The Hall–Kier alpha value is -1.55. The first-order valence-electron chi connectivity index (χ1n) is 8.30. The number of carbonyl (C=O) groups is 1. The van der Waals surface area contributed by atoms with Crippen LogP contribution in [0.1, 0.15) is 38.2 Å². The van der Waals surface area contributed by atoms with Gasteiger partial charge in [-0.05, 0) is 48.3 Å². The van der Waals surface area contributed by atoms with Crippen LogP contribution in [0.5, 0.6) is 5.75 Å².